The standard InChI is InChI=1S/C11H11BrCl2O2/c1-2-3-7-10(15)8-9(14)5(12)4-6(13)11(8)16-7/h4,7,10,15H,2-3H2,1H3. The Balaban J connectivity index is 2.47. The minimum Gasteiger partial charge on any atom is -0.485 e. The maximum absolute atomic E-state index is 10.1. The molecule has 2 rings (SSSR count). The molecule has 1 aliphatic rings. The van der Waals surface area contributed by atoms with Crippen LogP contribution in [-0.4, -0.2) is 11.2 Å². The second kappa shape index (κ2) is 4.73. The molecule has 5 heteroatoms. The van der Waals surface area contributed by atoms with Crippen LogP contribution in [0.2, 0.25) is 10.0 Å². The fourth-order valence-corrected chi connectivity index (χ4v) is 2.97. The van der Waals surface area contributed by atoms with Crippen LogP contribution in [0.1, 0.15) is 31.4 Å². The summed E-state index contributed by atoms with van der Waals surface area (Å²) in [5.74, 6) is 0.515. The van der Waals surface area contributed by atoms with Gasteiger partial charge in [0.15, 0.2) is 0 Å². The molecular formula is C11H11BrCl2O2. The van der Waals surface area contributed by atoms with E-state index >= 15 is 0 Å². The molecule has 0 fully saturated rings. The molecule has 16 heavy (non-hydrogen) atoms. The molecule has 0 amide bonds. The number of rotatable bonds is 2. The van der Waals surface area contributed by atoms with Crippen molar-refractivity contribution < 1.29 is 9.84 Å². The Morgan fingerprint density at radius 1 is 1.50 bits per heavy atom. The van der Waals surface area contributed by atoms with Gasteiger partial charge in [0.25, 0.3) is 0 Å². The van der Waals surface area contributed by atoms with E-state index in [1.807, 2.05) is 6.92 Å². The lowest BCUT2D eigenvalue weighted by molar-refractivity contribution is 0.0617. The van der Waals surface area contributed by atoms with Crippen LogP contribution < -0.4 is 4.74 Å². The van der Waals surface area contributed by atoms with Gasteiger partial charge in [0.2, 0.25) is 0 Å². The van der Waals surface area contributed by atoms with Crippen molar-refractivity contribution in [2.24, 2.45) is 0 Å². The highest BCUT2D eigenvalue weighted by Gasteiger charge is 2.36. The molecular weight excluding hydrogens is 315 g/mol. The third kappa shape index (κ3) is 1.94. The summed E-state index contributed by atoms with van der Waals surface area (Å²) in [5, 5.41) is 11.1. The van der Waals surface area contributed by atoms with E-state index in [0.717, 1.165) is 12.8 Å². The number of hydrogen-bond acceptors (Lipinski definition) is 2. The van der Waals surface area contributed by atoms with Gasteiger partial charge in [0.1, 0.15) is 18.0 Å². The van der Waals surface area contributed by atoms with Gasteiger partial charge in [-0.25, -0.2) is 0 Å². The zero-order valence-corrected chi connectivity index (χ0v) is 11.7. The third-order valence-electron chi connectivity index (χ3n) is 2.65. The molecule has 1 N–H and O–H groups in total. The van der Waals surface area contributed by atoms with Gasteiger partial charge < -0.3 is 9.84 Å². The number of aliphatic hydroxyl groups is 1. The first-order valence-corrected chi connectivity index (χ1v) is 6.63. The highest BCUT2D eigenvalue weighted by atomic mass is 79.9. The topological polar surface area (TPSA) is 29.5 Å². The Hall–Kier alpha value is 0.0400. The fraction of sp³-hybridized carbons (Fsp3) is 0.455. The van der Waals surface area contributed by atoms with E-state index in [1.54, 1.807) is 6.07 Å². The Morgan fingerprint density at radius 3 is 2.81 bits per heavy atom. The van der Waals surface area contributed by atoms with Gasteiger partial charge in [-0.1, -0.05) is 36.5 Å². The molecule has 0 saturated heterocycles. The minimum atomic E-state index is -0.697. The smallest absolute Gasteiger partial charge is 0.145 e. The lowest BCUT2D eigenvalue weighted by atomic mass is 10.0. The number of ether oxygens (including phenoxy) is 1. The van der Waals surface area contributed by atoms with Gasteiger partial charge in [0, 0.05) is 10.0 Å². The Bertz CT molecular complexity index is 423. The maximum Gasteiger partial charge on any atom is 0.145 e. The predicted octanol–water partition coefficient (Wildman–Crippen LogP) is 4.35. The van der Waals surface area contributed by atoms with Crippen LogP contribution in [0.15, 0.2) is 10.5 Å². The van der Waals surface area contributed by atoms with Gasteiger partial charge in [-0.2, -0.15) is 0 Å². The van der Waals surface area contributed by atoms with Crippen LogP contribution in [-0.2, 0) is 0 Å². The monoisotopic (exact) mass is 324 g/mol. The predicted molar refractivity (Wildman–Crippen MR) is 68.4 cm³/mol. The summed E-state index contributed by atoms with van der Waals surface area (Å²) in [6, 6.07) is 1.68. The van der Waals surface area contributed by atoms with Gasteiger partial charge in [-0.15, -0.1) is 0 Å². The molecule has 0 saturated carbocycles. The number of halogens is 3. The molecule has 1 aromatic carbocycles. The molecule has 2 unspecified atom stereocenters. The highest BCUT2D eigenvalue weighted by Crippen LogP contribution is 2.49. The summed E-state index contributed by atoms with van der Waals surface area (Å²) < 4.78 is 6.32. The number of fused-ring (bicyclic) bond motifs is 1. The normalized spacial score (nSPS) is 23.1. The molecule has 0 radical (unpaired) electrons. The van der Waals surface area contributed by atoms with Crippen molar-refractivity contribution in [2.75, 3.05) is 0 Å². The Morgan fingerprint density at radius 2 is 2.19 bits per heavy atom. The maximum atomic E-state index is 10.1. The van der Waals surface area contributed by atoms with Crippen molar-refractivity contribution >= 4 is 39.1 Å². The van der Waals surface area contributed by atoms with E-state index in [9.17, 15) is 5.11 Å². The molecule has 1 aromatic rings. The minimum absolute atomic E-state index is 0.246. The highest BCUT2D eigenvalue weighted by molar-refractivity contribution is 9.10. The molecule has 0 aromatic heterocycles. The Kier molecular flexibility index (Phi) is 3.69. The SMILES string of the molecule is CCCC1Oc2c(Cl)cc(Br)c(Cl)c2C1O. The summed E-state index contributed by atoms with van der Waals surface area (Å²) >= 11 is 15.5. The summed E-state index contributed by atoms with van der Waals surface area (Å²) in [4.78, 5) is 0. The van der Waals surface area contributed by atoms with Crippen molar-refractivity contribution in [2.45, 2.75) is 32.0 Å². The first-order chi connectivity index (χ1) is 7.56. The van der Waals surface area contributed by atoms with Crippen LogP contribution in [0.3, 0.4) is 0 Å². The zero-order valence-electron chi connectivity index (χ0n) is 8.64. The van der Waals surface area contributed by atoms with Gasteiger partial charge in [-0.05, 0) is 28.4 Å². The molecule has 2 nitrogen and oxygen atoms in total. The van der Waals surface area contributed by atoms with E-state index in [0.29, 0.717) is 25.8 Å². The van der Waals surface area contributed by atoms with E-state index in [-0.39, 0.29) is 6.10 Å². The third-order valence-corrected chi connectivity index (χ3v) is 4.19. The van der Waals surface area contributed by atoms with Crippen LogP contribution in [0.5, 0.6) is 5.75 Å². The van der Waals surface area contributed by atoms with Gasteiger partial charge in [0.05, 0.1) is 10.0 Å². The van der Waals surface area contributed by atoms with Crippen LogP contribution in [0.25, 0.3) is 0 Å². The largest absolute Gasteiger partial charge is 0.485 e. The average molecular weight is 326 g/mol. The van der Waals surface area contributed by atoms with Crippen LogP contribution in [0.4, 0.5) is 0 Å². The first kappa shape index (κ1) is 12.5. The summed E-state index contributed by atoms with van der Waals surface area (Å²) in [6.45, 7) is 2.04. The van der Waals surface area contributed by atoms with E-state index in [1.165, 1.54) is 0 Å². The zero-order chi connectivity index (χ0) is 11.9. The van der Waals surface area contributed by atoms with Crippen molar-refractivity contribution in [1.82, 2.24) is 0 Å². The molecule has 2 atom stereocenters. The molecule has 0 aliphatic carbocycles. The van der Waals surface area contributed by atoms with Crippen LogP contribution >= 0.6 is 39.1 Å². The fourth-order valence-electron chi connectivity index (χ4n) is 1.88. The average Bonchev–Trinajstić information content (AvgIpc) is 2.55. The van der Waals surface area contributed by atoms with E-state index < -0.39 is 6.10 Å². The van der Waals surface area contributed by atoms with Crippen molar-refractivity contribution in [3.63, 3.8) is 0 Å². The summed E-state index contributed by atoms with van der Waals surface area (Å²) in [6.07, 6.45) is 0.772. The van der Waals surface area contributed by atoms with E-state index in [4.69, 9.17) is 27.9 Å². The van der Waals surface area contributed by atoms with Gasteiger partial charge in [-0.3, -0.25) is 0 Å². The van der Waals surface area contributed by atoms with Crippen molar-refractivity contribution in [1.29, 1.82) is 0 Å². The lowest BCUT2D eigenvalue weighted by Crippen LogP contribution is -2.17. The molecule has 0 spiro atoms. The second-order valence-corrected chi connectivity index (χ2v) is 5.43. The second-order valence-electron chi connectivity index (χ2n) is 3.79. The molecule has 1 aliphatic heterocycles. The molecule has 88 valence electrons. The van der Waals surface area contributed by atoms with Gasteiger partial charge >= 0.3 is 0 Å². The number of benzene rings is 1. The summed E-state index contributed by atoms with van der Waals surface area (Å²) in [7, 11) is 0. The quantitative estimate of drug-likeness (QED) is 0.819. The lowest BCUT2D eigenvalue weighted by Gasteiger charge is -2.12. The molecule has 1 heterocycles. The Labute approximate surface area is 113 Å². The summed E-state index contributed by atoms with van der Waals surface area (Å²) in [5.41, 5.74) is 0.597. The number of hydrogen-bond donors (Lipinski definition) is 1. The molecule has 0 bridgehead atoms. The van der Waals surface area contributed by atoms with Crippen molar-refractivity contribution in [3.8, 4) is 5.75 Å². The van der Waals surface area contributed by atoms with Crippen molar-refractivity contribution in [3.05, 3.63) is 26.1 Å². The first-order valence-electron chi connectivity index (χ1n) is 5.08. The van der Waals surface area contributed by atoms with Crippen LogP contribution in [0, 0.1) is 0 Å². The number of aliphatic hydroxyl groups excluding tert-OH is 1. The van der Waals surface area contributed by atoms with E-state index in [2.05, 4.69) is 15.9 Å².